The average Bonchev–Trinajstić information content (AvgIpc) is 3.16. The Morgan fingerprint density at radius 1 is 1.24 bits per heavy atom. The Bertz CT molecular complexity index is 1100. The number of aromatic nitrogens is 4. The molecule has 2 heterocycles. The van der Waals surface area contributed by atoms with Gasteiger partial charge in [-0.15, -0.1) is 5.10 Å². The SMILES string of the molecule is CC(Cn1ncc2ccccc21)C(=O)n1nc(N)c2ccc(F)cc21. The summed E-state index contributed by atoms with van der Waals surface area (Å²) in [4.78, 5) is 12.8. The highest BCUT2D eigenvalue weighted by atomic mass is 19.1. The van der Waals surface area contributed by atoms with Crippen molar-refractivity contribution in [3.8, 4) is 0 Å². The molecule has 7 heteroatoms. The van der Waals surface area contributed by atoms with Crippen molar-refractivity contribution in [2.45, 2.75) is 13.5 Å². The highest BCUT2D eigenvalue weighted by Crippen LogP contribution is 2.23. The fraction of sp³-hybridized carbons (Fsp3) is 0.167. The number of nitrogen functional groups attached to an aromatic ring is 1. The minimum atomic E-state index is -0.438. The van der Waals surface area contributed by atoms with Crippen LogP contribution in [0, 0.1) is 11.7 Å². The molecule has 4 aromatic rings. The van der Waals surface area contributed by atoms with Crippen LogP contribution in [0.3, 0.4) is 0 Å². The number of para-hydroxylation sites is 1. The Kier molecular flexibility index (Phi) is 3.49. The molecule has 25 heavy (non-hydrogen) atoms. The quantitative estimate of drug-likeness (QED) is 0.623. The Morgan fingerprint density at radius 3 is 2.88 bits per heavy atom. The van der Waals surface area contributed by atoms with Crippen LogP contribution in [-0.4, -0.2) is 25.5 Å². The van der Waals surface area contributed by atoms with E-state index in [4.69, 9.17) is 5.73 Å². The van der Waals surface area contributed by atoms with Gasteiger partial charge in [0.1, 0.15) is 5.82 Å². The van der Waals surface area contributed by atoms with Crippen molar-refractivity contribution in [3.05, 3.63) is 54.5 Å². The molecule has 0 saturated carbocycles. The average molecular weight is 337 g/mol. The third-order valence-electron chi connectivity index (χ3n) is 4.30. The van der Waals surface area contributed by atoms with Gasteiger partial charge in [-0.1, -0.05) is 25.1 Å². The number of halogens is 1. The fourth-order valence-electron chi connectivity index (χ4n) is 3.00. The molecule has 2 N–H and O–H groups in total. The Hall–Kier alpha value is -3.22. The molecule has 0 bridgehead atoms. The zero-order chi connectivity index (χ0) is 17.6. The molecule has 2 aromatic carbocycles. The number of anilines is 1. The summed E-state index contributed by atoms with van der Waals surface area (Å²) in [6.45, 7) is 2.19. The molecule has 0 saturated heterocycles. The van der Waals surface area contributed by atoms with E-state index in [1.165, 1.54) is 22.9 Å². The molecule has 0 aliphatic rings. The minimum Gasteiger partial charge on any atom is -0.382 e. The molecule has 0 aliphatic heterocycles. The Labute approximate surface area is 142 Å². The maximum absolute atomic E-state index is 13.6. The van der Waals surface area contributed by atoms with Crippen LogP contribution in [0.25, 0.3) is 21.8 Å². The molecule has 2 aromatic heterocycles. The molecule has 1 unspecified atom stereocenters. The van der Waals surface area contributed by atoms with Crippen LogP contribution in [0.5, 0.6) is 0 Å². The normalized spacial score (nSPS) is 12.7. The topological polar surface area (TPSA) is 78.7 Å². The van der Waals surface area contributed by atoms with Gasteiger partial charge in [0.05, 0.1) is 29.7 Å². The van der Waals surface area contributed by atoms with Crippen molar-refractivity contribution < 1.29 is 9.18 Å². The van der Waals surface area contributed by atoms with Crippen molar-refractivity contribution in [1.29, 1.82) is 0 Å². The third-order valence-corrected chi connectivity index (χ3v) is 4.30. The van der Waals surface area contributed by atoms with Gasteiger partial charge in [-0.2, -0.15) is 9.78 Å². The van der Waals surface area contributed by atoms with Gasteiger partial charge in [-0.05, 0) is 18.2 Å². The summed E-state index contributed by atoms with van der Waals surface area (Å²) in [5.74, 6) is -0.895. The van der Waals surface area contributed by atoms with Crippen LogP contribution in [0.2, 0.25) is 0 Å². The molecule has 0 aliphatic carbocycles. The highest BCUT2D eigenvalue weighted by molar-refractivity contribution is 5.97. The predicted octanol–water partition coefficient (Wildman–Crippen LogP) is 3.08. The Balaban J connectivity index is 1.68. The van der Waals surface area contributed by atoms with Crippen LogP contribution < -0.4 is 5.73 Å². The second-order valence-corrected chi connectivity index (χ2v) is 6.08. The molecule has 4 rings (SSSR count). The largest absolute Gasteiger partial charge is 0.382 e. The summed E-state index contributed by atoms with van der Waals surface area (Å²) in [6, 6.07) is 11.9. The maximum atomic E-state index is 13.6. The van der Waals surface area contributed by atoms with E-state index in [2.05, 4.69) is 10.2 Å². The predicted molar refractivity (Wildman–Crippen MR) is 93.6 cm³/mol. The first kappa shape index (κ1) is 15.3. The molecule has 1 atom stereocenters. The van der Waals surface area contributed by atoms with Crippen LogP contribution in [0.1, 0.15) is 11.7 Å². The lowest BCUT2D eigenvalue weighted by Crippen LogP contribution is -2.25. The summed E-state index contributed by atoms with van der Waals surface area (Å²) in [7, 11) is 0. The summed E-state index contributed by atoms with van der Waals surface area (Å²) >= 11 is 0. The summed E-state index contributed by atoms with van der Waals surface area (Å²) in [5, 5.41) is 10.0. The molecule has 0 spiro atoms. The van der Waals surface area contributed by atoms with Crippen molar-refractivity contribution in [1.82, 2.24) is 19.6 Å². The van der Waals surface area contributed by atoms with E-state index in [1.54, 1.807) is 17.8 Å². The first-order valence-corrected chi connectivity index (χ1v) is 7.93. The molecular formula is C18H16FN5O. The van der Waals surface area contributed by atoms with E-state index in [9.17, 15) is 9.18 Å². The van der Waals surface area contributed by atoms with Gasteiger partial charge in [0.15, 0.2) is 5.82 Å². The van der Waals surface area contributed by atoms with E-state index in [0.717, 1.165) is 10.9 Å². The van der Waals surface area contributed by atoms with Crippen molar-refractivity contribution >= 4 is 33.5 Å². The number of carbonyl (C=O) groups is 1. The van der Waals surface area contributed by atoms with Gasteiger partial charge in [0.25, 0.3) is 5.91 Å². The molecule has 0 radical (unpaired) electrons. The zero-order valence-corrected chi connectivity index (χ0v) is 13.6. The van der Waals surface area contributed by atoms with Crippen LogP contribution in [0.15, 0.2) is 48.7 Å². The first-order chi connectivity index (χ1) is 12.0. The number of nitrogens with two attached hydrogens (primary N) is 1. The number of carbonyl (C=O) groups excluding carboxylic acids is 1. The van der Waals surface area contributed by atoms with Crippen molar-refractivity contribution in [2.75, 3.05) is 5.73 Å². The summed E-state index contributed by atoms with van der Waals surface area (Å²) in [5.41, 5.74) is 7.18. The lowest BCUT2D eigenvalue weighted by molar-refractivity contribution is 0.0820. The zero-order valence-electron chi connectivity index (χ0n) is 13.6. The van der Waals surface area contributed by atoms with Gasteiger partial charge < -0.3 is 5.73 Å². The van der Waals surface area contributed by atoms with Crippen LogP contribution >= 0.6 is 0 Å². The van der Waals surface area contributed by atoms with E-state index >= 15 is 0 Å². The second kappa shape index (κ2) is 5.70. The van der Waals surface area contributed by atoms with Crippen LogP contribution in [-0.2, 0) is 6.54 Å². The fourth-order valence-corrected chi connectivity index (χ4v) is 3.00. The lowest BCUT2D eigenvalue weighted by atomic mass is 10.1. The van der Waals surface area contributed by atoms with Crippen molar-refractivity contribution in [2.24, 2.45) is 5.92 Å². The monoisotopic (exact) mass is 337 g/mol. The summed E-state index contributed by atoms with van der Waals surface area (Å²) < 4.78 is 16.5. The third kappa shape index (κ3) is 2.53. The maximum Gasteiger partial charge on any atom is 0.252 e. The molecule has 0 fully saturated rings. The lowest BCUT2D eigenvalue weighted by Gasteiger charge is -2.12. The van der Waals surface area contributed by atoms with E-state index < -0.39 is 11.7 Å². The number of hydrogen-bond donors (Lipinski definition) is 1. The minimum absolute atomic E-state index is 0.208. The summed E-state index contributed by atoms with van der Waals surface area (Å²) in [6.07, 6.45) is 1.77. The smallest absolute Gasteiger partial charge is 0.252 e. The van der Waals surface area contributed by atoms with Gasteiger partial charge in [-0.3, -0.25) is 9.48 Å². The standard InChI is InChI=1S/C18H16FN5O/c1-11(10-23-15-5-3-2-4-12(15)9-21-23)18(25)24-16-8-13(19)6-7-14(16)17(20)22-24/h2-9,11H,10H2,1H3,(H2,20,22). The molecular weight excluding hydrogens is 321 g/mol. The highest BCUT2D eigenvalue weighted by Gasteiger charge is 2.21. The van der Waals surface area contributed by atoms with Gasteiger partial charge in [0.2, 0.25) is 0 Å². The number of rotatable bonds is 3. The first-order valence-electron chi connectivity index (χ1n) is 7.93. The number of fused-ring (bicyclic) bond motifs is 2. The number of hydrogen-bond acceptors (Lipinski definition) is 4. The van der Waals surface area contributed by atoms with E-state index in [-0.39, 0.29) is 11.7 Å². The number of benzene rings is 2. The van der Waals surface area contributed by atoms with E-state index in [0.29, 0.717) is 17.4 Å². The van der Waals surface area contributed by atoms with Gasteiger partial charge in [0, 0.05) is 16.8 Å². The van der Waals surface area contributed by atoms with Gasteiger partial charge >= 0.3 is 0 Å². The van der Waals surface area contributed by atoms with E-state index in [1.807, 2.05) is 24.3 Å². The second-order valence-electron chi connectivity index (χ2n) is 6.08. The molecule has 6 nitrogen and oxygen atoms in total. The molecule has 126 valence electrons. The Morgan fingerprint density at radius 2 is 2.04 bits per heavy atom. The van der Waals surface area contributed by atoms with Crippen LogP contribution in [0.4, 0.5) is 10.2 Å². The number of nitrogens with zero attached hydrogens (tertiary/aromatic N) is 4. The van der Waals surface area contributed by atoms with Gasteiger partial charge in [-0.25, -0.2) is 4.39 Å². The molecule has 0 amide bonds. The van der Waals surface area contributed by atoms with Crippen molar-refractivity contribution in [3.63, 3.8) is 0 Å².